The summed E-state index contributed by atoms with van der Waals surface area (Å²) in [5, 5.41) is 1.65. The van der Waals surface area contributed by atoms with Gasteiger partial charge in [0.2, 0.25) is 5.91 Å². The second-order valence-corrected chi connectivity index (χ2v) is 7.28. The number of sulfone groups is 1. The Hall–Kier alpha value is -1.69. The maximum Gasteiger partial charge on any atom is 0.242 e. The van der Waals surface area contributed by atoms with Gasteiger partial charge in [-0.3, -0.25) is 9.59 Å². The average molecular weight is 295 g/mol. The zero-order valence-electron chi connectivity index (χ0n) is 11.3. The minimum atomic E-state index is -3.33. The molecule has 0 bridgehead atoms. The second kappa shape index (κ2) is 5.75. The van der Waals surface area contributed by atoms with E-state index in [2.05, 4.69) is 5.32 Å². The molecule has 1 atom stereocenters. The second-order valence-electron chi connectivity index (χ2n) is 4.97. The quantitative estimate of drug-likeness (QED) is 0.862. The van der Waals surface area contributed by atoms with E-state index in [4.69, 9.17) is 0 Å². The van der Waals surface area contributed by atoms with Gasteiger partial charge >= 0.3 is 0 Å². The molecule has 0 aliphatic carbocycles. The third kappa shape index (κ3) is 3.25. The van der Waals surface area contributed by atoms with Gasteiger partial charge in [-0.25, -0.2) is 8.42 Å². The van der Waals surface area contributed by atoms with E-state index in [0.29, 0.717) is 24.1 Å². The Balaban J connectivity index is 2.09. The van der Waals surface area contributed by atoms with Crippen LogP contribution in [-0.2, 0) is 14.6 Å². The van der Waals surface area contributed by atoms with Crippen LogP contribution in [0, 0.1) is 0 Å². The zero-order valence-corrected chi connectivity index (χ0v) is 12.1. The number of hydrogen-bond donors (Lipinski definition) is 1. The fourth-order valence-electron chi connectivity index (χ4n) is 2.26. The van der Waals surface area contributed by atoms with E-state index in [1.807, 2.05) is 0 Å². The molecule has 0 saturated carbocycles. The van der Waals surface area contributed by atoms with E-state index in [1.54, 1.807) is 24.3 Å². The van der Waals surface area contributed by atoms with E-state index in [-0.39, 0.29) is 11.5 Å². The lowest BCUT2D eigenvalue weighted by atomic mass is 10.1. The maximum atomic E-state index is 12.0. The highest BCUT2D eigenvalue weighted by Gasteiger charge is 2.34. The van der Waals surface area contributed by atoms with Crippen LogP contribution in [0.5, 0.6) is 0 Å². The topological polar surface area (TPSA) is 80.3 Å². The SMILES string of the molecule is CC(=O)c1ccc(NC(=O)C2CCCCS2(=O)=O)cc1. The van der Waals surface area contributed by atoms with Crippen molar-refractivity contribution in [3.63, 3.8) is 0 Å². The van der Waals surface area contributed by atoms with Gasteiger partial charge in [-0.2, -0.15) is 0 Å². The fraction of sp³-hybridized carbons (Fsp3) is 0.429. The first kappa shape index (κ1) is 14.7. The van der Waals surface area contributed by atoms with E-state index in [9.17, 15) is 18.0 Å². The van der Waals surface area contributed by atoms with Crippen LogP contribution in [0.15, 0.2) is 24.3 Å². The number of carbonyl (C=O) groups excluding carboxylic acids is 2. The number of carbonyl (C=O) groups is 2. The van der Waals surface area contributed by atoms with Gasteiger partial charge in [0.15, 0.2) is 15.6 Å². The van der Waals surface area contributed by atoms with Crippen molar-refractivity contribution in [3.8, 4) is 0 Å². The Kier molecular flexibility index (Phi) is 4.23. The maximum absolute atomic E-state index is 12.0. The van der Waals surface area contributed by atoms with Crippen LogP contribution in [0.25, 0.3) is 0 Å². The third-order valence-electron chi connectivity index (χ3n) is 3.43. The van der Waals surface area contributed by atoms with Crippen molar-refractivity contribution in [2.45, 2.75) is 31.4 Å². The lowest BCUT2D eigenvalue weighted by Gasteiger charge is -2.21. The van der Waals surface area contributed by atoms with E-state index < -0.39 is 21.0 Å². The summed E-state index contributed by atoms with van der Waals surface area (Å²) in [6.45, 7) is 1.46. The molecule has 1 unspecified atom stereocenters. The molecule has 1 N–H and O–H groups in total. The van der Waals surface area contributed by atoms with Gasteiger partial charge in [0.25, 0.3) is 0 Å². The molecule has 1 aromatic rings. The van der Waals surface area contributed by atoms with Crippen LogP contribution in [0.3, 0.4) is 0 Å². The lowest BCUT2D eigenvalue weighted by Crippen LogP contribution is -2.39. The molecule has 0 spiro atoms. The summed E-state index contributed by atoms with van der Waals surface area (Å²) in [7, 11) is -3.33. The highest BCUT2D eigenvalue weighted by Crippen LogP contribution is 2.21. The van der Waals surface area contributed by atoms with Gasteiger partial charge in [0.1, 0.15) is 5.25 Å². The predicted molar refractivity (Wildman–Crippen MR) is 76.5 cm³/mol. The highest BCUT2D eigenvalue weighted by atomic mass is 32.2. The van der Waals surface area contributed by atoms with E-state index in [1.165, 1.54) is 6.92 Å². The molecule has 0 aromatic heterocycles. The molecular weight excluding hydrogens is 278 g/mol. The Labute approximate surface area is 118 Å². The van der Waals surface area contributed by atoms with Crippen molar-refractivity contribution >= 4 is 27.2 Å². The first-order valence-corrected chi connectivity index (χ1v) is 8.25. The number of ketones is 1. The molecular formula is C14H17NO4S. The minimum absolute atomic E-state index is 0.0577. The van der Waals surface area contributed by atoms with Crippen LogP contribution < -0.4 is 5.32 Å². The number of hydrogen-bond acceptors (Lipinski definition) is 4. The molecule has 108 valence electrons. The van der Waals surface area contributed by atoms with Crippen molar-refractivity contribution in [1.82, 2.24) is 0 Å². The summed E-state index contributed by atoms with van der Waals surface area (Å²) in [6, 6.07) is 6.41. The Morgan fingerprint density at radius 1 is 1.15 bits per heavy atom. The van der Waals surface area contributed by atoms with Gasteiger partial charge in [0.05, 0.1) is 5.75 Å². The summed E-state index contributed by atoms with van der Waals surface area (Å²) in [5.74, 6) is -0.466. The molecule has 20 heavy (non-hydrogen) atoms. The number of amides is 1. The highest BCUT2D eigenvalue weighted by molar-refractivity contribution is 7.92. The molecule has 1 aliphatic heterocycles. The molecule has 1 aliphatic rings. The summed E-state index contributed by atoms with van der Waals surface area (Å²) in [6.07, 6.45) is 1.75. The van der Waals surface area contributed by atoms with Crippen molar-refractivity contribution in [3.05, 3.63) is 29.8 Å². The van der Waals surface area contributed by atoms with Crippen LogP contribution in [0.1, 0.15) is 36.5 Å². The molecule has 0 radical (unpaired) electrons. The number of Topliss-reactive ketones (excluding diaryl/α,β-unsaturated/α-hetero) is 1. The van der Waals surface area contributed by atoms with Crippen molar-refractivity contribution in [1.29, 1.82) is 0 Å². The molecule has 1 saturated heterocycles. The Bertz CT molecular complexity index is 619. The van der Waals surface area contributed by atoms with Gasteiger partial charge in [-0.05, 0) is 44.0 Å². The van der Waals surface area contributed by atoms with Crippen LogP contribution >= 0.6 is 0 Å². The molecule has 1 amide bonds. The van der Waals surface area contributed by atoms with Crippen molar-refractivity contribution in [2.75, 3.05) is 11.1 Å². The predicted octanol–water partition coefficient (Wildman–Crippen LogP) is 1.80. The normalized spacial score (nSPS) is 21.1. The summed E-state index contributed by atoms with van der Waals surface area (Å²) >= 11 is 0. The standard InChI is InChI=1S/C14H17NO4S/c1-10(16)11-5-7-12(8-6-11)15-14(17)13-4-2-3-9-20(13,18)19/h5-8,13H,2-4,9H2,1H3,(H,15,17). The molecule has 5 nitrogen and oxygen atoms in total. The summed E-state index contributed by atoms with van der Waals surface area (Å²) in [5.41, 5.74) is 1.05. The number of anilines is 1. The van der Waals surface area contributed by atoms with Crippen molar-refractivity contribution in [2.24, 2.45) is 0 Å². The number of rotatable bonds is 3. The largest absolute Gasteiger partial charge is 0.325 e. The fourth-order valence-corrected chi connectivity index (χ4v) is 4.06. The average Bonchev–Trinajstić information content (AvgIpc) is 2.38. The van der Waals surface area contributed by atoms with Crippen molar-refractivity contribution < 1.29 is 18.0 Å². The molecule has 1 fully saturated rings. The number of benzene rings is 1. The first-order valence-electron chi connectivity index (χ1n) is 6.53. The minimum Gasteiger partial charge on any atom is -0.325 e. The van der Waals surface area contributed by atoms with Gasteiger partial charge in [-0.1, -0.05) is 6.42 Å². The van der Waals surface area contributed by atoms with Gasteiger partial charge < -0.3 is 5.32 Å². The van der Waals surface area contributed by atoms with Crippen LogP contribution in [-0.4, -0.2) is 31.1 Å². The van der Waals surface area contributed by atoms with E-state index >= 15 is 0 Å². The Morgan fingerprint density at radius 3 is 2.35 bits per heavy atom. The van der Waals surface area contributed by atoms with Gasteiger partial charge in [0, 0.05) is 11.3 Å². The smallest absolute Gasteiger partial charge is 0.242 e. The van der Waals surface area contributed by atoms with Gasteiger partial charge in [-0.15, -0.1) is 0 Å². The number of nitrogens with one attached hydrogen (secondary N) is 1. The Morgan fingerprint density at radius 2 is 1.80 bits per heavy atom. The molecule has 1 heterocycles. The summed E-state index contributed by atoms with van der Waals surface area (Å²) in [4.78, 5) is 23.2. The molecule has 2 rings (SSSR count). The van der Waals surface area contributed by atoms with E-state index in [0.717, 1.165) is 6.42 Å². The third-order valence-corrected chi connectivity index (χ3v) is 5.60. The molecule has 6 heteroatoms. The monoisotopic (exact) mass is 295 g/mol. The first-order chi connectivity index (χ1) is 9.40. The van der Waals surface area contributed by atoms with Crippen LogP contribution in [0.2, 0.25) is 0 Å². The molecule has 1 aromatic carbocycles. The lowest BCUT2D eigenvalue weighted by molar-refractivity contribution is -0.116. The van der Waals surface area contributed by atoms with Crippen LogP contribution in [0.4, 0.5) is 5.69 Å². The summed E-state index contributed by atoms with van der Waals surface area (Å²) < 4.78 is 23.7. The zero-order chi connectivity index (χ0) is 14.8.